The van der Waals surface area contributed by atoms with Crippen molar-refractivity contribution in [1.82, 2.24) is 0 Å². The summed E-state index contributed by atoms with van der Waals surface area (Å²) < 4.78 is 0. The number of urea groups is 1. The van der Waals surface area contributed by atoms with Crippen molar-refractivity contribution in [3.05, 3.63) is 58.1 Å². The zero-order valence-electron chi connectivity index (χ0n) is 10.6. The maximum atomic E-state index is 12.3. The molecule has 0 aliphatic carbocycles. The first-order valence-electron chi connectivity index (χ1n) is 6.26. The van der Waals surface area contributed by atoms with Crippen LogP contribution < -0.4 is 10.2 Å². The van der Waals surface area contributed by atoms with Crippen LogP contribution in [0.1, 0.15) is 5.56 Å². The van der Waals surface area contributed by atoms with E-state index in [1.165, 1.54) is 5.56 Å². The van der Waals surface area contributed by atoms with E-state index in [1.807, 2.05) is 24.3 Å². The van der Waals surface area contributed by atoms with Crippen LogP contribution in [-0.4, -0.2) is 12.6 Å². The lowest BCUT2D eigenvalue weighted by atomic mass is 10.2. The summed E-state index contributed by atoms with van der Waals surface area (Å²) in [5.74, 6) is 0. The Balaban J connectivity index is 1.81. The van der Waals surface area contributed by atoms with E-state index in [0.29, 0.717) is 22.3 Å². The van der Waals surface area contributed by atoms with Crippen LogP contribution >= 0.6 is 23.2 Å². The molecule has 5 heteroatoms. The summed E-state index contributed by atoms with van der Waals surface area (Å²) in [5.41, 5.74) is 2.74. The number of carbonyl (C=O) groups excluding carboxylic acids is 1. The largest absolute Gasteiger partial charge is 0.326 e. The fourth-order valence-corrected chi connectivity index (χ4v) is 2.89. The van der Waals surface area contributed by atoms with Gasteiger partial charge in [0.2, 0.25) is 0 Å². The number of halogens is 2. The zero-order valence-corrected chi connectivity index (χ0v) is 12.1. The number of benzene rings is 2. The van der Waals surface area contributed by atoms with E-state index >= 15 is 0 Å². The van der Waals surface area contributed by atoms with E-state index in [2.05, 4.69) is 5.32 Å². The molecule has 20 heavy (non-hydrogen) atoms. The minimum absolute atomic E-state index is 0.173. The summed E-state index contributed by atoms with van der Waals surface area (Å²) in [6.07, 6.45) is 0.875. The normalized spacial score (nSPS) is 13.2. The molecule has 0 atom stereocenters. The molecule has 0 fully saturated rings. The first-order chi connectivity index (χ1) is 9.63. The minimum Gasteiger partial charge on any atom is -0.307 e. The van der Waals surface area contributed by atoms with Gasteiger partial charge in [-0.3, -0.25) is 4.90 Å². The van der Waals surface area contributed by atoms with E-state index in [1.54, 1.807) is 23.1 Å². The maximum absolute atomic E-state index is 12.3. The van der Waals surface area contributed by atoms with Gasteiger partial charge in [0.1, 0.15) is 0 Å². The lowest BCUT2D eigenvalue weighted by molar-refractivity contribution is 0.257. The van der Waals surface area contributed by atoms with Gasteiger partial charge in [0, 0.05) is 28.0 Å². The monoisotopic (exact) mass is 306 g/mol. The van der Waals surface area contributed by atoms with Crippen molar-refractivity contribution < 1.29 is 4.79 Å². The highest BCUT2D eigenvalue weighted by molar-refractivity contribution is 6.35. The zero-order chi connectivity index (χ0) is 14.1. The highest BCUT2D eigenvalue weighted by Gasteiger charge is 2.24. The average molecular weight is 307 g/mol. The molecule has 0 saturated carbocycles. The Labute approximate surface area is 127 Å². The topological polar surface area (TPSA) is 32.3 Å². The third kappa shape index (κ3) is 2.60. The molecule has 1 N–H and O–H groups in total. The van der Waals surface area contributed by atoms with E-state index in [4.69, 9.17) is 23.2 Å². The molecule has 0 aromatic heterocycles. The minimum atomic E-state index is -0.173. The van der Waals surface area contributed by atoms with Crippen LogP contribution in [-0.2, 0) is 6.42 Å². The summed E-state index contributed by atoms with van der Waals surface area (Å²) in [6, 6.07) is 12.7. The average Bonchev–Trinajstić information content (AvgIpc) is 2.81. The lowest BCUT2D eigenvalue weighted by Gasteiger charge is -2.18. The third-order valence-electron chi connectivity index (χ3n) is 3.25. The maximum Gasteiger partial charge on any atom is 0.326 e. The Morgan fingerprint density at radius 1 is 1.10 bits per heavy atom. The van der Waals surface area contributed by atoms with Crippen molar-refractivity contribution in [1.29, 1.82) is 0 Å². The molecule has 1 aliphatic rings. The Morgan fingerprint density at radius 3 is 2.55 bits per heavy atom. The lowest BCUT2D eigenvalue weighted by Crippen LogP contribution is -2.33. The smallest absolute Gasteiger partial charge is 0.307 e. The molecule has 2 aromatic rings. The molecule has 0 spiro atoms. The van der Waals surface area contributed by atoms with E-state index in [9.17, 15) is 4.79 Å². The first-order valence-corrected chi connectivity index (χ1v) is 7.01. The van der Waals surface area contributed by atoms with Crippen LogP contribution in [0.2, 0.25) is 10.0 Å². The van der Waals surface area contributed by atoms with Crippen LogP contribution in [0.5, 0.6) is 0 Å². The highest BCUT2D eigenvalue weighted by Crippen LogP contribution is 2.29. The molecule has 0 bridgehead atoms. The predicted molar refractivity (Wildman–Crippen MR) is 83.0 cm³/mol. The number of para-hydroxylation sites is 1. The third-order valence-corrected chi connectivity index (χ3v) is 3.68. The number of carbonyl (C=O) groups is 1. The van der Waals surface area contributed by atoms with Gasteiger partial charge in [0.25, 0.3) is 0 Å². The van der Waals surface area contributed by atoms with Gasteiger partial charge >= 0.3 is 6.03 Å². The van der Waals surface area contributed by atoms with E-state index < -0.39 is 0 Å². The van der Waals surface area contributed by atoms with Crippen LogP contribution in [0.3, 0.4) is 0 Å². The summed E-state index contributed by atoms with van der Waals surface area (Å²) in [6.45, 7) is 0.680. The number of anilines is 2. The molecule has 0 unspecified atom stereocenters. The molecule has 102 valence electrons. The molecule has 1 heterocycles. The van der Waals surface area contributed by atoms with E-state index in [-0.39, 0.29) is 6.03 Å². The van der Waals surface area contributed by atoms with Gasteiger partial charge in [-0.2, -0.15) is 0 Å². The predicted octanol–water partition coefficient (Wildman–Crippen LogP) is 4.59. The van der Waals surface area contributed by atoms with Crippen LogP contribution in [0.4, 0.5) is 16.2 Å². The molecule has 3 nitrogen and oxygen atoms in total. The Morgan fingerprint density at radius 2 is 1.80 bits per heavy atom. The van der Waals surface area contributed by atoms with Gasteiger partial charge in [-0.25, -0.2) is 4.79 Å². The Hall–Kier alpha value is -1.71. The molecular formula is C15H12Cl2N2O. The first kappa shape index (κ1) is 13.3. The second kappa shape index (κ2) is 5.35. The van der Waals surface area contributed by atoms with Gasteiger partial charge in [-0.15, -0.1) is 0 Å². The molecule has 1 aliphatic heterocycles. The molecule has 3 rings (SSSR count). The molecular weight excluding hydrogens is 295 g/mol. The van der Waals surface area contributed by atoms with Gasteiger partial charge < -0.3 is 5.32 Å². The van der Waals surface area contributed by atoms with E-state index in [0.717, 1.165) is 12.1 Å². The van der Waals surface area contributed by atoms with Crippen molar-refractivity contribution in [2.24, 2.45) is 0 Å². The van der Waals surface area contributed by atoms with Gasteiger partial charge in [-0.05, 0) is 36.2 Å². The van der Waals surface area contributed by atoms with Crippen LogP contribution in [0.15, 0.2) is 42.5 Å². The van der Waals surface area contributed by atoms with Crippen molar-refractivity contribution in [2.45, 2.75) is 6.42 Å². The van der Waals surface area contributed by atoms with Crippen molar-refractivity contribution >= 4 is 40.6 Å². The summed E-state index contributed by atoms with van der Waals surface area (Å²) in [4.78, 5) is 14.1. The molecule has 2 aromatic carbocycles. The summed E-state index contributed by atoms with van der Waals surface area (Å²) >= 11 is 11.8. The SMILES string of the molecule is O=C(Nc1cc(Cl)cc(Cl)c1)N1CCc2ccccc21. The number of hydrogen-bond donors (Lipinski definition) is 1. The van der Waals surface area contributed by atoms with Crippen molar-refractivity contribution in [3.8, 4) is 0 Å². The summed E-state index contributed by atoms with van der Waals surface area (Å²) in [5, 5.41) is 3.81. The highest BCUT2D eigenvalue weighted by atomic mass is 35.5. The van der Waals surface area contributed by atoms with Crippen molar-refractivity contribution in [2.75, 3.05) is 16.8 Å². The number of nitrogens with zero attached hydrogens (tertiary/aromatic N) is 1. The standard InChI is InChI=1S/C15H12Cl2N2O/c16-11-7-12(17)9-13(8-11)18-15(20)19-6-5-10-3-1-2-4-14(10)19/h1-4,7-9H,5-6H2,(H,18,20). The number of rotatable bonds is 1. The number of amides is 2. The van der Waals surface area contributed by atoms with Gasteiger partial charge in [0.05, 0.1) is 0 Å². The second-order valence-corrected chi connectivity index (χ2v) is 5.49. The fraction of sp³-hybridized carbons (Fsp3) is 0.133. The van der Waals surface area contributed by atoms with Crippen molar-refractivity contribution in [3.63, 3.8) is 0 Å². The van der Waals surface area contributed by atoms with Crippen LogP contribution in [0.25, 0.3) is 0 Å². The van der Waals surface area contributed by atoms with Gasteiger partial charge in [0.15, 0.2) is 0 Å². The fourth-order valence-electron chi connectivity index (χ4n) is 2.37. The quantitative estimate of drug-likeness (QED) is 0.821. The second-order valence-electron chi connectivity index (χ2n) is 4.62. The Bertz CT molecular complexity index is 652. The van der Waals surface area contributed by atoms with Crippen LogP contribution in [0, 0.1) is 0 Å². The molecule has 0 radical (unpaired) electrons. The Kier molecular flexibility index (Phi) is 3.55. The molecule has 2 amide bonds. The number of fused-ring (bicyclic) bond motifs is 1. The number of nitrogens with one attached hydrogen (secondary N) is 1. The van der Waals surface area contributed by atoms with Gasteiger partial charge in [-0.1, -0.05) is 41.4 Å². The molecule has 0 saturated heterocycles. The number of hydrogen-bond acceptors (Lipinski definition) is 1. The summed E-state index contributed by atoms with van der Waals surface area (Å²) in [7, 11) is 0.